The van der Waals surface area contributed by atoms with Crippen molar-refractivity contribution in [2.24, 2.45) is 17.3 Å². The number of nitrogens with one attached hydrogen (secondary N) is 1. The molecule has 1 unspecified atom stereocenters. The number of likely N-dealkylation sites (tertiary alicyclic amines) is 1. The van der Waals surface area contributed by atoms with Gasteiger partial charge in [0, 0.05) is 38.6 Å². The van der Waals surface area contributed by atoms with E-state index in [1.165, 1.54) is 0 Å². The monoisotopic (exact) mass is 320 g/mol. The Bertz CT molecular complexity index is 574. The van der Waals surface area contributed by atoms with Gasteiger partial charge in [0.1, 0.15) is 0 Å². The summed E-state index contributed by atoms with van der Waals surface area (Å²) in [4.78, 5) is 25.7. The van der Waals surface area contributed by atoms with Gasteiger partial charge in [0.25, 0.3) is 0 Å². The van der Waals surface area contributed by atoms with Gasteiger partial charge in [-0.2, -0.15) is 5.10 Å². The molecule has 0 aromatic carbocycles. The van der Waals surface area contributed by atoms with E-state index < -0.39 is 11.4 Å². The summed E-state index contributed by atoms with van der Waals surface area (Å²) in [5, 5.41) is 16.7. The van der Waals surface area contributed by atoms with Gasteiger partial charge < -0.3 is 15.3 Å². The number of carboxylic acids is 1. The third kappa shape index (κ3) is 3.04. The first kappa shape index (κ1) is 15.8. The molecule has 1 saturated heterocycles. The average Bonchev–Trinajstić information content (AvgIpc) is 3.19. The standard InChI is InChI=1S/C16H24N4O3/c1-12(9-20-7-3-6-18-20)8-17-15(23)19-10-13-4-2-5-16(13,11-19)14(21)22/h3,6-7,12-13H,2,4-5,8-11H2,1H3,(H,17,23)(H,21,22)/t12?,13-,16+/m0/s1. The van der Waals surface area contributed by atoms with Crippen molar-refractivity contribution in [1.29, 1.82) is 0 Å². The van der Waals surface area contributed by atoms with Gasteiger partial charge in [-0.3, -0.25) is 9.48 Å². The molecule has 1 saturated carbocycles. The van der Waals surface area contributed by atoms with Crippen LogP contribution in [-0.4, -0.2) is 51.4 Å². The minimum atomic E-state index is -0.748. The summed E-state index contributed by atoms with van der Waals surface area (Å²) in [6.07, 6.45) is 6.18. The van der Waals surface area contributed by atoms with Gasteiger partial charge in [-0.25, -0.2) is 4.79 Å². The highest BCUT2D eigenvalue weighted by Gasteiger charge is 2.55. The van der Waals surface area contributed by atoms with E-state index in [1.54, 1.807) is 11.1 Å². The molecule has 0 spiro atoms. The second kappa shape index (κ2) is 6.22. The minimum Gasteiger partial charge on any atom is -0.481 e. The number of rotatable bonds is 5. The van der Waals surface area contributed by atoms with E-state index >= 15 is 0 Å². The number of amides is 2. The van der Waals surface area contributed by atoms with Gasteiger partial charge in [-0.15, -0.1) is 0 Å². The smallest absolute Gasteiger partial charge is 0.317 e. The van der Waals surface area contributed by atoms with Crippen molar-refractivity contribution in [2.75, 3.05) is 19.6 Å². The van der Waals surface area contributed by atoms with Crippen LogP contribution in [0.4, 0.5) is 4.79 Å². The Kier molecular flexibility index (Phi) is 4.28. The maximum Gasteiger partial charge on any atom is 0.317 e. The number of carbonyl (C=O) groups excluding carboxylic acids is 1. The molecule has 2 amide bonds. The molecule has 2 N–H and O–H groups in total. The fraction of sp³-hybridized carbons (Fsp3) is 0.688. The van der Waals surface area contributed by atoms with E-state index in [1.807, 2.05) is 16.9 Å². The predicted octanol–water partition coefficient (Wildman–Crippen LogP) is 1.42. The lowest BCUT2D eigenvalue weighted by molar-refractivity contribution is -0.149. The molecule has 1 aliphatic carbocycles. The Morgan fingerprint density at radius 1 is 1.52 bits per heavy atom. The lowest BCUT2D eigenvalue weighted by Gasteiger charge is -2.23. The molecule has 1 aromatic rings. The van der Waals surface area contributed by atoms with Gasteiger partial charge >= 0.3 is 12.0 Å². The second-order valence-electron chi connectivity index (χ2n) is 6.95. The van der Waals surface area contributed by atoms with Gasteiger partial charge in [-0.1, -0.05) is 13.3 Å². The molecule has 2 aliphatic rings. The second-order valence-corrected chi connectivity index (χ2v) is 6.95. The molecule has 1 aliphatic heterocycles. The summed E-state index contributed by atoms with van der Waals surface area (Å²) in [5.74, 6) is -0.385. The summed E-state index contributed by atoms with van der Waals surface area (Å²) in [6.45, 7) is 4.26. The number of aromatic nitrogens is 2. The predicted molar refractivity (Wildman–Crippen MR) is 83.8 cm³/mol. The molecule has 1 aromatic heterocycles. The van der Waals surface area contributed by atoms with E-state index in [0.29, 0.717) is 26.1 Å². The molecule has 7 nitrogen and oxygen atoms in total. The maximum atomic E-state index is 12.3. The van der Waals surface area contributed by atoms with Crippen LogP contribution < -0.4 is 5.32 Å². The lowest BCUT2D eigenvalue weighted by atomic mass is 9.81. The average molecular weight is 320 g/mol. The van der Waals surface area contributed by atoms with E-state index in [4.69, 9.17) is 0 Å². The fourth-order valence-electron chi connectivity index (χ4n) is 3.96. The maximum absolute atomic E-state index is 12.3. The molecule has 0 bridgehead atoms. The zero-order valence-corrected chi connectivity index (χ0v) is 13.4. The quantitative estimate of drug-likeness (QED) is 0.859. The van der Waals surface area contributed by atoms with Crippen molar-refractivity contribution >= 4 is 12.0 Å². The first-order valence-electron chi connectivity index (χ1n) is 8.25. The number of hydrogen-bond donors (Lipinski definition) is 2. The van der Waals surface area contributed by atoms with Crippen LogP contribution in [0.15, 0.2) is 18.5 Å². The van der Waals surface area contributed by atoms with Crippen LogP contribution >= 0.6 is 0 Å². The van der Waals surface area contributed by atoms with Gasteiger partial charge in [0.15, 0.2) is 0 Å². The van der Waals surface area contributed by atoms with E-state index in [2.05, 4.69) is 17.3 Å². The number of carbonyl (C=O) groups is 2. The largest absolute Gasteiger partial charge is 0.481 e. The van der Waals surface area contributed by atoms with E-state index in [0.717, 1.165) is 19.4 Å². The molecule has 7 heteroatoms. The highest BCUT2D eigenvalue weighted by Crippen LogP contribution is 2.48. The van der Waals surface area contributed by atoms with Crippen molar-refractivity contribution in [1.82, 2.24) is 20.0 Å². The summed E-state index contributed by atoms with van der Waals surface area (Å²) >= 11 is 0. The lowest BCUT2D eigenvalue weighted by Crippen LogP contribution is -2.43. The third-order valence-electron chi connectivity index (χ3n) is 5.24. The van der Waals surface area contributed by atoms with Gasteiger partial charge in [-0.05, 0) is 30.7 Å². The highest BCUT2D eigenvalue weighted by molar-refractivity contribution is 5.80. The van der Waals surface area contributed by atoms with Crippen LogP contribution in [-0.2, 0) is 11.3 Å². The van der Waals surface area contributed by atoms with Crippen molar-refractivity contribution < 1.29 is 14.7 Å². The van der Waals surface area contributed by atoms with Crippen LogP contribution in [0.25, 0.3) is 0 Å². The fourth-order valence-corrected chi connectivity index (χ4v) is 3.96. The van der Waals surface area contributed by atoms with E-state index in [-0.39, 0.29) is 17.9 Å². The molecular formula is C16H24N4O3. The van der Waals surface area contributed by atoms with Crippen LogP contribution in [0, 0.1) is 17.3 Å². The number of fused-ring (bicyclic) bond motifs is 1. The summed E-state index contributed by atoms with van der Waals surface area (Å²) < 4.78 is 1.84. The first-order chi connectivity index (χ1) is 11.0. The minimum absolute atomic E-state index is 0.104. The van der Waals surface area contributed by atoms with Crippen LogP contribution in [0.2, 0.25) is 0 Å². The van der Waals surface area contributed by atoms with Crippen LogP contribution in [0.1, 0.15) is 26.2 Å². The molecule has 2 fully saturated rings. The Hall–Kier alpha value is -2.05. The molecule has 2 heterocycles. The molecular weight excluding hydrogens is 296 g/mol. The number of urea groups is 1. The Balaban J connectivity index is 1.50. The zero-order valence-electron chi connectivity index (χ0n) is 13.4. The molecule has 3 rings (SSSR count). The molecule has 3 atom stereocenters. The summed E-state index contributed by atoms with van der Waals surface area (Å²) in [7, 11) is 0. The van der Waals surface area contributed by atoms with Crippen molar-refractivity contribution in [2.45, 2.75) is 32.7 Å². The SMILES string of the molecule is CC(CNC(=O)N1C[C@@H]2CCC[C@@]2(C(=O)O)C1)Cn1cccn1. The van der Waals surface area contributed by atoms with Crippen LogP contribution in [0.3, 0.4) is 0 Å². The summed E-state index contributed by atoms with van der Waals surface area (Å²) in [5.41, 5.74) is -0.710. The van der Waals surface area contributed by atoms with Crippen molar-refractivity contribution in [3.05, 3.63) is 18.5 Å². The third-order valence-corrected chi connectivity index (χ3v) is 5.24. The molecule has 0 radical (unpaired) electrons. The zero-order chi connectivity index (χ0) is 16.4. The van der Waals surface area contributed by atoms with Gasteiger partial charge in [0.2, 0.25) is 0 Å². The van der Waals surface area contributed by atoms with Crippen molar-refractivity contribution in [3.8, 4) is 0 Å². The number of aliphatic carboxylic acids is 1. The summed E-state index contributed by atoms with van der Waals surface area (Å²) in [6, 6.07) is 1.73. The number of hydrogen-bond acceptors (Lipinski definition) is 3. The molecule has 126 valence electrons. The normalized spacial score (nSPS) is 27.7. The number of nitrogens with zero attached hydrogens (tertiary/aromatic N) is 3. The Labute approximate surface area is 135 Å². The molecule has 23 heavy (non-hydrogen) atoms. The van der Waals surface area contributed by atoms with E-state index in [9.17, 15) is 14.7 Å². The Morgan fingerprint density at radius 2 is 2.35 bits per heavy atom. The Morgan fingerprint density at radius 3 is 3.00 bits per heavy atom. The van der Waals surface area contributed by atoms with Crippen molar-refractivity contribution in [3.63, 3.8) is 0 Å². The topological polar surface area (TPSA) is 87.5 Å². The first-order valence-corrected chi connectivity index (χ1v) is 8.25. The highest BCUT2D eigenvalue weighted by atomic mass is 16.4. The van der Waals surface area contributed by atoms with Crippen LogP contribution in [0.5, 0.6) is 0 Å². The van der Waals surface area contributed by atoms with Gasteiger partial charge in [0.05, 0.1) is 5.41 Å². The number of carboxylic acid groups (broad SMARTS) is 1.